The molecule has 1 atom stereocenters. The van der Waals surface area contributed by atoms with E-state index in [1.807, 2.05) is 59.8 Å². The molecule has 0 amide bonds. The van der Waals surface area contributed by atoms with Crippen LogP contribution in [0.5, 0.6) is 0 Å². The number of anilines is 1. The van der Waals surface area contributed by atoms with E-state index in [0.717, 1.165) is 40.3 Å². The number of benzene rings is 2. The fraction of sp³-hybridized carbons (Fsp3) is 0.591. The summed E-state index contributed by atoms with van der Waals surface area (Å²) >= 11 is 0. The van der Waals surface area contributed by atoms with Gasteiger partial charge in [0, 0.05) is 80.3 Å². The summed E-state index contributed by atoms with van der Waals surface area (Å²) in [6.45, 7) is 18.6. The van der Waals surface area contributed by atoms with Crippen molar-refractivity contribution in [3.05, 3.63) is 71.5 Å². The molecule has 0 aromatic heterocycles. The normalized spacial score (nSPS) is 18.4. The number of rotatable bonds is 25. The van der Waals surface area contributed by atoms with Gasteiger partial charge in [0.25, 0.3) is 20.2 Å². The van der Waals surface area contributed by atoms with Gasteiger partial charge < -0.3 is 28.6 Å². The van der Waals surface area contributed by atoms with Crippen molar-refractivity contribution in [2.45, 2.75) is 134 Å². The van der Waals surface area contributed by atoms with Gasteiger partial charge in [-0.3, -0.25) is 13.9 Å². The van der Waals surface area contributed by atoms with Gasteiger partial charge in [-0.1, -0.05) is 18.9 Å². The van der Waals surface area contributed by atoms with Gasteiger partial charge in [0.15, 0.2) is 24.8 Å². The molecule has 0 saturated carbocycles. The maximum Gasteiger partial charge on any atom is 0.305 e. The number of hydrogen-bond donors (Lipinski definition) is 2. The van der Waals surface area contributed by atoms with E-state index in [0.29, 0.717) is 84.6 Å². The van der Waals surface area contributed by atoms with Gasteiger partial charge in [-0.15, -0.1) is 0 Å². The number of carbonyl (C=O) groups excluding carboxylic acids is 1. The Bertz CT molecular complexity index is 2100. The third-order valence-electron chi connectivity index (χ3n) is 11.1. The predicted molar refractivity (Wildman–Crippen MR) is 230 cm³/mol. The molecular weight excluding hydrogens is 813 g/mol. The van der Waals surface area contributed by atoms with Crippen LogP contribution in [0.1, 0.15) is 111 Å². The monoisotopic (exact) mass is 877 g/mol. The van der Waals surface area contributed by atoms with Crippen molar-refractivity contribution in [3.8, 4) is 0 Å². The molecule has 334 valence electrons. The first-order valence-electron chi connectivity index (χ1n) is 21.0. The molecule has 0 radical (unpaired) electrons. The Balaban J connectivity index is 1.87. The molecule has 4 rings (SSSR count). The van der Waals surface area contributed by atoms with Crippen LogP contribution in [0.25, 0.3) is 0 Å². The molecule has 2 aliphatic heterocycles. The van der Waals surface area contributed by atoms with E-state index < -0.39 is 43.6 Å². The van der Waals surface area contributed by atoms with Crippen LogP contribution in [0.15, 0.2) is 70.1 Å². The zero-order valence-corrected chi connectivity index (χ0v) is 38.1. The molecule has 2 N–H and O–H groups in total. The van der Waals surface area contributed by atoms with Crippen LogP contribution in [0.2, 0.25) is 0 Å². The van der Waals surface area contributed by atoms with Crippen LogP contribution in [-0.2, 0) is 59.5 Å². The summed E-state index contributed by atoms with van der Waals surface area (Å²) in [6.07, 6.45) is 9.07. The second-order valence-electron chi connectivity index (χ2n) is 15.5. The van der Waals surface area contributed by atoms with E-state index in [9.17, 15) is 30.7 Å². The average Bonchev–Trinajstić information content (AvgIpc) is 3.54. The highest BCUT2D eigenvalue weighted by molar-refractivity contribution is 7.86. The van der Waals surface area contributed by atoms with Crippen molar-refractivity contribution in [1.29, 1.82) is 0 Å². The molecule has 1 unspecified atom stereocenters. The summed E-state index contributed by atoms with van der Waals surface area (Å²) in [5, 5.41) is 0. The SMILES string of the molecule is CCOC(=O)CCCCCC1(C)C(=CC=CC2=[N+](CCC(OCC)OCC)c3ccc(S(=O)(=O)O)cc3C2(C)C)N(CCC(OCC)OCC)c2ccc(S(=O)(=O)O)cc21. The minimum Gasteiger partial charge on any atom is -0.466 e. The number of nitrogens with zero attached hydrogens (tertiary/aromatic N) is 2. The third kappa shape index (κ3) is 11.9. The van der Waals surface area contributed by atoms with Crippen LogP contribution in [0.4, 0.5) is 11.4 Å². The molecule has 0 fully saturated rings. The second-order valence-corrected chi connectivity index (χ2v) is 18.3. The molecule has 2 aliphatic rings. The number of allylic oxidation sites excluding steroid dienone is 4. The molecule has 0 aliphatic carbocycles. The van der Waals surface area contributed by atoms with Crippen LogP contribution in [0, 0.1) is 0 Å². The maximum absolute atomic E-state index is 12.5. The minimum atomic E-state index is -4.52. The average molecular weight is 878 g/mol. The molecule has 0 spiro atoms. The highest BCUT2D eigenvalue weighted by Gasteiger charge is 2.46. The standard InChI is InChI=1S/C44H64N2O12S2/c1-9-54-40(47)20-15-14-16-27-44(8)35-31-33(60(51,52)53)22-24-37(35)46(29-26-42(57-12-4)58-13-5)39(44)19-17-18-38-43(6,7)34-30-32(59(48,49)50)21-23-36(34)45(38)28-25-41(55-10-2)56-11-3/h17-19,21-24,30-31,41-42H,9-16,20,25-29H2,1-8H3,(H-,48,49,50,51,52,53)/p+1. The van der Waals surface area contributed by atoms with Crippen molar-refractivity contribution in [2.75, 3.05) is 51.0 Å². The van der Waals surface area contributed by atoms with E-state index in [-0.39, 0.29) is 15.8 Å². The van der Waals surface area contributed by atoms with Gasteiger partial charge in [-0.05, 0) is 110 Å². The summed E-state index contributed by atoms with van der Waals surface area (Å²) in [5.41, 5.74) is 3.38. The van der Waals surface area contributed by atoms with Gasteiger partial charge in [-0.2, -0.15) is 21.4 Å². The van der Waals surface area contributed by atoms with E-state index in [2.05, 4.69) is 16.4 Å². The molecule has 2 aromatic rings. The summed E-state index contributed by atoms with van der Waals surface area (Å²) in [6, 6.07) is 9.33. The second kappa shape index (κ2) is 21.5. The summed E-state index contributed by atoms with van der Waals surface area (Å²) < 4.78 is 100. The molecule has 2 heterocycles. The molecule has 14 nitrogen and oxygen atoms in total. The zero-order chi connectivity index (χ0) is 44.3. The predicted octanol–water partition coefficient (Wildman–Crippen LogP) is 7.87. The Morgan fingerprint density at radius 1 is 0.767 bits per heavy atom. The Kier molecular flexibility index (Phi) is 17.7. The Labute approximate surface area is 357 Å². The van der Waals surface area contributed by atoms with Gasteiger partial charge in [0.2, 0.25) is 5.69 Å². The van der Waals surface area contributed by atoms with Crippen LogP contribution < -0.4 is 4.90 Å². The van der Waals surface area contributed by atoms with Crippen molar-refractivity contribution < 1.29 is 59.0 Å². The number of esters is 1. The maximum atomic E-state index is 12.5. The van der Waals surface area contributed by atoms with E-state index in [4.69, 9.17) is 23.7 Å². The lowest BCUT2D eigenvalue weighted by Crippen LogP contribution is -2.32. The first kappa shape index (κ1) is 49.2. The van der Waals surface area contributed by atoms with Crippen molar-refractivity contribution in [3.63, 3.8) is 0 Å². The topological polar surface area (TPSA) is 178 Å². The summed E-state index contributed by atoms with van der Waals surface area (Å²) in [7, 11) is -8.99. The number of ether oxygens (including phenoxy) is 5. The highest BCUT2D eigenvalue weighted by atomic mass is 32.2. The fourth-order valence-electron chi connectivity index (χ4n) is 8.28. The number of fused-ring (bicyclic) bond motifs is 2. The smallest absolute Gasteiger partial charge is 0.305 e. The zero-order valence-electron chi connectivity index (χ0n) is 36.4. The lowest BCUT2D eigenvalue weighted by Gasteiger charge is -2.31. The molecule has 60 heavy (non-hydrogen) atoms. The van der Waals surface area contributed by atoms with Gasteiger partial charge in [0.1, 0.15) is 0 Å². The number of unbranched alkanes of at least 4 members (excludes halogenated alkanes) is 2. The number of hydrogen-bond acceptors (Lipinski definition) is 11. The molecule has 16 heteroatoms. The molecular formula is C44H65N2O12S2+. The van der Waals surface area contributed by atoms with E-state index in [1.165, 1.54) is 18.2 Å². The Morgan fingerprint density at radius 2 is 1.33 bits per heavy atom. The van der Waals surface area contributed by atoms with Crippen molar-refractivity contribution >= 4 is 43.3 Å². The van der Waals surface area contributed by atoms with Crippen LogP contribution in [-0.4, -0.2) is 101 Å². The molecule has 0 bridgehead atoms. The highest BCUT2D eigenvalue weighted by Crippen LogP contribution is 2.52. The third-order valence-corrected chi connectivity index (χ3v) is 12.8. The molecule has 2 aromatic carbocycles. The first-order valence-corrected chi connectivity index (χ1v) is 23.9. The Morgan fingerprint density at radius 3 is 1.90 bits per heavy atom. The van der Waals surface area contributed by atoms with Crippen LogP contribution >= 0.6 is 0 Å². The van der Waals surface area contributed by atoms with Crippen molar-refractivity contribution in [2.24, 2.45) is 0 Å². The van der Waals surface area contributed by atoms with E-state index >= 15 is 0 Å². The first-order chi connectivity index (χ1) is 28.4. The van der Waals surface area contributed by atoms with Gasteiger partial charge >= 0.3 is 5.97 Å². The van der Waals surface area contributed by atoms with Gasteiger partial charge in [-0.25, -0.2) is 0 Å². The fourth-order valence-corrected chi connectivity index (χ4v) is 9.30. The lowest BCUT2D eigenvalue weighted by molar-refractivity contribution is -0.443. The quantitative estimate of drug-likeness (QED) is 0.0324. The summed E-state index contributed by atoms with van der Waals surface area (Å²) in [5.74, 6) is -0.244. The molecule has 0 saturated heterocycles. The largest absolute Gasteiger partial charge is 0.466 e. The van der Waals surface area contributed by atoms with Crippen molar-refractivity contribution in [1.82, 2.24) is 0 Å². The van der Waals surface area contributed by atoms with Crippen LogP contribution in [0.3, 0.4) is 0 Å². The summed E-state index contributed by atoms with van der Waals surface area (Å²) in [4.78, 5) is 13.9. The number of carbonyl (C=O) groups is 1. The van der Waals surface area contributed by atoms with E-state index in [1.54, 1.807) is 25.1 Å². The van der Waals surface area contributed by atoms with Gasteiger partial charge in [0.05, 0.1) is 28.2 Å². The Hall–Kier alpha value is -3.48. The lowest BCUT2D eigenvalue weighted by atomic mass is 9.77. The minimum absolute atomic E-state index is 0.192.